The molecule has 1 atom stereocenters. The monoisotopic (exact) mass is 236 g/mol. The van der Waals surface area contributed by atoms with Gasteiger partial charge in [-0.15, -0.1) is 0 Å². The first-order valence-corrected chi connectivity index (χ1v) is 6.61. The SMILES string of the molecule is CC1CN(CCCCC(C)(C)C#N)CCC1=O. The van der Waals surface area contributed by atoms with Gasteiger partial charge in [-0.3, -0.25) is 4.79 Å². The molecule has 1 aliphatic heterocycles. The summed E-state index contributed by atoms with van der Waals surface area (Å²) < 4.78 is 0. The molecule has 0 aromatic heterocycles. The molecule has 0 spiro atoms. The number of unbranched alkanes of at least 4 members (excludes halogenated alkanes) is 1. The van der Waals surface area contributed by atoms with Gasteiger partial charge >= 0.3 is 0 Å². The summed E-state index contributed by atoms with van der Waals surface area (Å²) in [5.74, 6) is 0.617. The molecular formula is C14H24N2O. The van der Waals surface area contributed by atoms with Gasteiger partial charge in [0, 0.05) is 25.4 Å². The van der Waals surface area contributed by atoms with Crippen molar-refractivity contribution in [2.24, 2.45) is 11.3 Å². The second-order valence-corrected chi connectivity index (χ2v) is 5.87. The van der Waals surface area contributed by atoms with E-state index in [1.54, 1.807) is 0 Å². The number of hydrogen-bond donors (Lipinski definition) is 0. The number of likely N-dealkylation sites (tertiary alicyclic amines) is 1. The third kappa shape index (κ3) is 4.87. The van der Waals surface area contributed by atoms with Crippen LogP contribution in [0.15, 0.2) is 0 Å². The number of piperidine rings is 1. The normalized spacial score (nSPS) is 22.5. The lowest BCUT2D eigenvalue weighted by Gasteiger charge is -2.30. The second kappa shape index (κ2) is 6.16. The lowest BCUT2D eigenvalue weighted by Crippen LogP contribution is -2.40. The van der Waals surface area contributed by atoms with Crippen LogP contribution in [0.2, 0.25) is 0 Å². The Kier molecular flexibility index (Phi) is 5.14. The number of nitriles is 1. The summed E-state index contributed by atoms with van der Waals surface area (Å²) in [7, 11) is 0. The third-order valence-corrected chi connectivity index (χ3v) is 3.58. The van der Waals surface area contributed by atoms with E-state index in [1.165, 1.54) is 0 Å². The van der Waals surface area contributed by atoms with E-state index in [4.69, 9.17) is 5.26 Å². The quantitative estimate of drug-likeness (QED) is 0.689. The van der Waals surface area contributed by atoms with Crippen LogP contribution in [0.25, 0.3) is 0 Å². The minimum absolute atomic E-state index is 0.189. The van der Waals surface area contributed by atoms with Gasteiger partial charge in [0.1, 0.15) is 5.78 Å². The van der Waals surface area contributed by atoms with Crippen LogP contribution in [0.3, 0.4) is 0 Å². The number of carbonyl (C=O) groups is 1. The molecule has 1 aliphatic rings. The number of Topliss-reactive ketones (excluding diaryl/α,β-unsaturated/α-hetero) is 1. The van der Waals surface area contributed by atoms with Crippen molar-refractivity contribution in [2.75, 3.05) is 19.6 Å². The Morgan fingerprint density at radius 3 is 2.76 bits per heavy atom. The van der Waals surface area contributed by atoms with Crippen molar-refractivity contribution in [2.45, 2.75) is 46.5 Å². The molecule has 0 N–H and O–H groups in total. The van der Waals surface area contributed by atoms with Gasteiger partial charge in [0.05, 0.1) is 11.5 Å². The highest BCUT2D eigenvalue weighted by atomic mass is 16.1. The molecule has 1 heterocycles. The molecular weight excluding hydrogens is 212 g/mol. The van der Waals surface area contributed by atoms with Crippen LogP contribution in [0.1, 0.15) is 46.5 Å². The maximum absolute atomic E-state index is 11.4. The van der Waals surface area contributed by atoms with E-state index in [2.05, 4.69) is 11.0 Å². The number of ketones is 1. The summed E-state index contributed by atoms with van der Waals surface area (Å²) in [6.45, 7) is 8.92. The van der Waals surface area contributed by atoms with Gasteiger partial charge in [-0.1, -0.05) is 13.3 Å². The Hall–Kier alpha value is -0.880. The summed E-state index contributed by atoms with van der Waals surface area (Å²) in [6.07, 6.45) is 3.90. The highest BCUT2D eigenvalue weighted by Gasteiger charge is 2.23. The molecule has 1 fully saturated rings. The molecule has 96 valence electrons. The van der Waals surface area contributed by atoms with Crippen LogP contribution in [-0.2, 0) is 4.79 Å². The minimum Gasteiger partial charge on any atom is -0.302 e. The van der Waals surface area contributed by atoms with Crippen LogP contribution in [0, 0.1) is 22.7 Å². The standard InChI is InChI=1S/C14H24N2O/c1-12-10-16(9-6-13(12)17)8-5-4-7-14(2,3)11-15/h12H,4-10H2,1-3H3. The average Bonchev–Trinajstić information content (AvgIpc) is 2.29. The van der Waals surface area contributed by atoms with Crippen LogP contribution >= 0.6 is 0 Å². The first-order valence-electron chi connectivity index (χ1n) is 6.61. The van der Waals surface area contributed by atoms with E-state index in [9.17, 15) is 4.79 Å². The first kappa shape index (κ1) is 14.2. The van der Waals surface area contributed by atoms with Crippen LogP contribution in [-0.4, -0.2) is 30.3 Å². The zero-order valence-electron chi connectivity index (χ0n) is 11.3. The van der Waals surface area contributed by atoms with Crippen molar-refractivity contribution in [1.29, 1.82) is 5.26 Å². The molecule has 0 bridgehead atoms. The maximum atomic E-state index is 11.4. The van der Waals surface area contributed by atoms with E-state index in [0.29, 0.717) is 12.2 Å². The van der Waals surface area contributed by atoms with Gasteiger partial charge in [0.25, 0.3) is 0 Å². The number of nitrogens with zero attached hydrogens (tertiary/aromatic N) is 2. The van der Waals surface area contributed by atoms with Gasteiger partial charge < -0.3 is 4.90 Å². The van der Waals surface area contributed by atoms with Crippen molar-refractivity contribution < 1.29 is 4.79 Å². The molecule has 0 aromatic carbocycles. The summed E-state index contributed by atoms with van der Waals surface area (Å²) in [4.78, 5) is 13.8. The Morgan fingerprint density at radius 2 is 2.18 bits per heavy atom. The van der Waals surface area contributed by atoms with Gasteiger partial charge in [0.2, 0.25) is 0 Å². The van der Waals surface area contributed by atoms with E-state index in [0.717, 1.165) is 38.9 Å². The summed E-state index contributed by atoms with van der Waals surface area (Å²) in [5.41, 5.74) is -0.189. The molecule has 3 heteroatoms. The first-order chi connectivity index (χ1) is 7.94. The molecule has 0 amide bonds. The summed E-state index contributed by atoms with van der Waals surface area (Å²) in [6, 6.07) is 2.33. The van der Waals surface area contributed by atoms with E-state index < -0.39 is 0 Å². The zero-order chi connectivity index (χ0) is 12.9. The minimum atomic E-state index is -0.189. The molecule has 0 radical (unpaired) electrons. The van der Waals surface area contributed by atoms with E-state index in [1.807, 2.05) is 20.8 Å². The summed E-state index contributed by atoms with van der Waals surface area (Å²) >= 11 is 0. The van der Waals surface area contributed by atoms with Crippen molar-refractivity contribution >= 4 is 5.78 Å². The second-order valence-electron chi connectivity index (χ2n) is 5.87. The molecule has 1 saturated heterocycles. The van der Waals surface area contributed by atoms with Gasteiger partial charge in [0.15, 0.2) is 0 Å². The van der Waals surface area contributed by atoms with Gasteiger partial charge in [-0.2, -0.15) is 5.26 Å². The largest absolute Gasteiger partial charge is 0.302 e. The lowest BCUT2D eigenvalue weighted by atomic mass is 9.89. The Balaban J connectivity index is 2.16. The predicted octanol–water partition coefficient (Wildman–Crippen LogP) is 2.62. The average molecular weight is 236 g/mol. The Bertz CT molecular complexity index is 304. The molecule has 17 heavy (non-hydrogen) atoms. The van der Waals surface area contributed by atoms with Crippen LogP contribution in [0.4, 0.5) is 0 Å². The van der Waals surface area contributed by atoms with Crippen molar-refractivity contribution in [1.82, 2.24) is 4.90 Å². The van der Waals surface area contributed by atoms with E-state index in [-0.39, 0.29) is 11.3 Å². The highest BCUT2D eigenvalue weighted by Crippen LogP contribution is 2.22. The van der Waals surface area contributed by atoms with Crippen LogP contribution < -0.4 is 0 Å². The Labute approximate surface area is 105 Å². The molecule has 1 rings (SSSR count). The van der Waals surface area contributed by atoms with Crippen molar-refractivity contribution in [3.63, 3.8) is 0 Å². The predicted molar refractivity (Wildman–Crippen MR) is 68.5 cm³/mol. The Morgan fingerprint density at radius 1 is 1.47 bits per heavy atom. The van der Waals surface area contributed by atoms with E-state index >= 15 is 0 Å². The molecule has 3 nitrogen and oxygen atoms in total. The fourth-order valence-corrected chi connectivity index (χ4v) is 2.26. The molecule has 0 aliphatic carbocycles. The summed E-state index contributed by atoms with van der Waals surface area (Å²) in [5, 5.41) is 8.91. The fourth-order valence-electron chi connectivity index (χ4n) is 2.26. The number of carbonyl (C=O) groups excluding carboxylic acids is 1. The zero-order valence-corrected chi connectivity index (χ0v) is 11.3. The van der Waals surface area contributed by atoms with Gasteiger partial charge in [-0.25, -0.2) is 0 Å². The van der Waals surface area contributed by atoms with Crippen LogP contribution in [0.5, 0.6) is 0 Å². The maximum Gasteiger partial charge on any atom is 0.138 e. The lowest BCUT2D eigenvalue weighted by molar-refractivity contribution is -0.125. The smallest absolute Gasteiger partial charge is 0.138 e. The third-order valence-electron chi connectivity index (χ3n) is 3.58. The topological polar surface area (TPSA) is 44.1 Å². The number of rotatable bonds is 5. The molecule has 0 aromatic rings. The van der Waals surface area contributed by atoms with Crippen molar-refractivity contribution in [3.05, 3.63) is 0 Å². The molecule has 0 saturated carbocycles. The molecule has 1 unspecified atom stereocenters. The fraction of sp³-hybridized carbons (Fsp3) is 0.857. The highest BCUT2D eigenvalue weighted by molar-refractivity contribution is 5.81. The number of hydrogen-bond acceptors (Lipinski definition) is 3. The van der Waals surface area contributed by atoms with Crippen molar-refractivity contribution in [3.8, 4) is 6.07 Å². The van der Waals surface area contributed by atoms with Gasteiger partial charge in [-0.05, 0) is 33.2 Å².